The van der Waals surface area contributed by atoms with E-state index in [4.69, 9.17) is 4.74 Å². The van der Waals surface area contributed by atoms with Crippen molar-refractivity contribution in [1.29, 1.82) is 0 Å². The molecule has 33 heavy (non-hydrogen) atoms. The molecule has 1 atom stereocenters. The van der Waals surface area contributed by atoms with Crippen molar-refractivity contribution in [2.24, 2.45) is 11.3 Å². The monoisotopic (exact) mass is 450 g/mol. The van der Waals surface area contributed by atoms with Gasteiger partial charge in [-0.1, -0.05) is 62.4 Å². The minimum atomic E-state index is -0.875. The number of nitrogens with one attached hydrogen (secondary N) is 2. The lowest BCUT2D eigenvalue weighted by Crippen LogP contribution is -2.44. The molecule has 1 fully saturated rings. The van der Waals surface area contributed by atoms with Gasteiger partial charge in [0.2, 0.25) is 5.91 Å². The standard InChI is InChI=1S/C26H30N2O5/c1-16(2)22(13-23(29)27-15-26(11-12-26)24(30)31)28-25(32)33-14-21-19-9-5-3-7-17(19)18-8-4-6-10-20(18)21/h3-10,16,21-22H,11-15H2,1-2H3,(H,27,29)(H,28,32)(H,30,31)/t22-/m0/s1. The van der Waals surface area contributed by atoms with Crippen LogP contribution in [-0.4, -0.2) is 42.3 Å². The number of carbonyl (C=O) groups excluding carboxylic acids is 2. The molecule has 0 unspecified atom stereocenters. The Hall–Kier alpha value is -3.35. The normalized spacial score (nSPS) is 16.5. The highest BCUT2D eigenvalue weighted by molar-refractivity contribution is 5.82. The summed E-state index contributed by atoms with van der Waals surface area (Å²) in [5.74, 6) is -1.18. The molecule has 2 aliphatic rings. The molecule has 3 N–H and O–H groups in total. The average molecular weight is 451 g/mol. The predicted molar refractivity (Wildman–Crippen MR) is 124 cm³/mol. The van der Waals surface area contributed by atoms with Crippen LogP contribution in [-0.2, 0) is 14.3 Å². The number of hydrogen-bond acceptors (Lipinski definition) is 4. The molecule has 174 valence electrons. The van der Waals surface area contributed by atoms with Crippen molar-refractivity contribution in [1.82, 2.24) is 10.6 Å². The van der Waals surface area contributed by atoms with E-state index in [9.17, 15) is 19.5 Å². The second-order valence-electron chi connectivity index (χ2n) is 9.39. The van der Waals surface area contributed by atoms with Gasteiger partial charge in [-0.2, -0.15) is 0 Å². The molecule has 0 spiro atoms. The number of alkyl carbamates (subject to hydrolysis) is 1. The molecule has 2 aromatic carbocycles. The third-order valence-electron chi connectivity index (χ3n) is 6.79. The summed E-state index contributed by atoms with van der Waals surface area (Å²) in [6.07, 6.45) is 0.660. The summed E-state index contributed by atoms with van der Waals surface area (Å²) in [4.78, 5) is 36.3. The first kappa shape index (κ1) is 22.8. The number of rotatable bonds is 9. The Labute approximate surface area is 193 Å². The number of benzene rings is 2. The quantitative estimate of drug-likeness (QED) is 0.537. The van der Waals surface area contributed by atoms with Gasteiger partial charge in [0.05, 0.1) is 5.41 Å². The van der Waals surface area contributed by atoms with E-state index in [2.05, 4.69) is 34.9 Å². The molecular formula is C26H30N2O5. The molecule has 4 rings (SSSR count). The van der Waals surface area contributed by atoms with Crippen molar-refractivity contribution in [2.75, 3.05) is 13.2 Å². The number of carbonyl (C=O) groups is 3. The maximum absolute atomic E-state index is 12.6. The highest BCUT2D eigenvalue weighted by Crippen LogP contribution is 2.45. The summed E-state index contributed by atoms with van der Waals surface area (Å²) in [6, 6.07) is 15.9. The van der Waals surface area contributed by atoms with Crippen LogP contribution in [0.15, 0.2) is 48.5 Å². The Morgan fingerprint density at radius 2 is 1.61 bits per heavy atom. The van der Waals surface area contributed by atoms with Gasteiger partial charge in [-0.25, -0.2) is 4.79 Å². The molecule has 0 heterocycles. The van der Waals surface area contributed by atoms with Gasteiger partial charge in [-0.3, -0.25) is 9.59 Å². The van der Waals surface area contributed by atoms with E-state index < -0.39 is 23.5 Å². The molecule has 0 aromatic heterocycles. The van der Waals surface area contributed by atoms with Gasteiger partial charge in [-0.15, -0.1) is 0 Å². The summed E-state index contributed by atoms with van der Waals surface area (Å²) in [7, 11) is 0. The largest absolute Gasteiger partial charge is 0.481 e. The van der Waals surface area contributed by atoms with Crippen LogP contribution in [0, 0.1) is 11.3 Å². The molecule has 0 bridgehead atoms. The summed E-state index contributed by atoms with van der Waals surface area (Å²) >= 11 is 0. The number of fused-ring (bicyclic) bond motifs is 3. The van der Waals surface area contributed by atoms with Crippen LogP contribution in [0.1, 0.15) is 50.2 Å². The Morgan fingerprint density at radius 3 is 2.12 bits per heavy atom. The Kier molecular flexibility index (Phi) is 6.40. The maximum Gasteiger partial charge on any atom is 0.407 e. The van der Waals surface area contributed by atoms with Crippen molar-refractivity contribution < 1.29 is 24.2 Å². The third kappa shape index (κ3) is 4.87. The summed E-state index contributed by atoms with van der Waals surface area (Å²) in [5.41, 5.74) is 3.78. The zero-order valence-electron chi connectivity index (χ0n) is 19.0. The first-order valence-electron chi connectivity index (χ1n) is 11.4. The van der Waals surface area contributed by atoms with Crippen LogP contribution >= 0.6 is 0 Å². The summed E-state index contributed by atoms with van der Waals surface area (Å²) in [5, 5.41) is 14.8. The van der Waals surface area contributed by atoms with E-state index in [1.807, 2.05) is 38.1 Å². The van der Waals surface area contributed by atoms with Crippen LogP contribution in [0.4, 0.5) is 4.79 Å². The molecule has 7 heteroatoms. The molecular weight excluding hydrogens is 420 g/mol. The van der Waals surface area contributed by atoms with Gasteiger partial charge < -0.3 is 20.5 Å². The van der Waals surface area contributed by atoms with E-state index in [1.54, 1.807) is 0 Å². The number of ether oxygens (including phenoxy) is 1. The topological polar surface area (TPSA) is 105 Å². The van der Waals surface area contributed by atoms with Crippen molar-refractivity contribution in [2.45, 2.75) is 45.1 Å². The number of aliphatic carboxylic acids is 1. The second-order valence-corrected chi connectivity index (χ2v) is 9.39. The lowest BCUT2D eigenvalue weighted by atomic mass is 9.98. The van der Waals surface area contributed by atoms with Crippen LogP contribution in [0.25, 0.3) is 11.1 Å². The van der Waals surface area contributed by atoms with Crippen LogP contribution in [0.2, 0.25) is 0 Å². The minimum Gasteiger partial charge on any atom is -0.481 e. The van der Waals surface area contributed by atoms with Crippen LogP contribution in [0.5, 0.6) is 0 Å². The molecule has 0 saturated heterocycles. The summed E-state index contributed by atoms with van der Waals surface area (Å²) in [6.45, 7) is 4.16. The fourth-order valence-corrected chi connectivity index (χ4v) is 4.40. The molecule has 2 amide bonds. The fraction of sp³-hybridized carbons (Fsp3) is 0.423. The first-order chi connectivity index (χ1) is 15.8. The number of carboxylic acid groups (broad SMARTS) is 1. The van der Waals surface area contributed by atoms with Crippen molar-refractivity contribution in [3.05, 3.63) is 59.7 Å². The smallest absolute Gasteiger partial charge is 0.407 e. The molecule has 0 aliphatic heterocycles. The molecule has 1 saturated carbocycles. The maximum atomic E-state index is 12.6. The molecule has 2 aromatic rings. The van der Waals surface area contributed by atoms with Crippen LogP contribution in [0.3, 0.4) is 0 Å². The zero-order chi connectivity index (χ0) is 23.6. The molecule has 0 radical (unpaired) electrons. The Morgan fingerprint density at radius 1 is 1.03 bits per heavy atom. The average Bonchev–Trinajstić information content (AvgIpc) is 3.53. The molecule has 7 nitrogen and oxygen atoms in total. The first-order valence-corrected chi connectivity index (χ1v) is 11.4. The van der Waals surface area contributed by atoms with Crippen molar-refractivity contribution in [3.8, 4) is 11.1 Å². The van der Waals surface area contributed by atoms with Crippen molar-refractivity contribution >= 4 is 18.0 Å². The second kappa shape index (κ2) is 9.25. The highest BCUT2D eigenvalue weighted by atomic mass is 16.5. The zero-order valence-corrected chi connectivity index (χ0v) is 19.0. The molecule has 2 aliphatic carbocycles. The van der Waals surface area contributed by atoms with E-state index in [1.165, 1.54) is 0 Å². The number of hydrogen-bond donors (Lipinski definition) is 3. The lowest BCUT2D eigenvalue weighted by Gasteiger charge is -2.23. The lowest BCUT2D eigenvalue weighted by molar-refractivity contribution is -0.143. The fourth-order valence-electron chi connectivity index (χ4n) is 4.40. The number of carboxylic acids is 1. The van der Waals surface area contributed by atoms with Gasteiger partial charge in [0.15, 0.2) is 0 Å². The Bertz CT molecular complexity index is 1010. The minimum absolute atomic E-state index is 0.00518. The van der Waals surface area contributed by atoms with E-state index in [0.717, 1.165) is 22.3 Å². The number of amides is 2. The third-order valence-corrected chi connectivity index (χ3v) is 6.79. The van der Waals surface area contributed by atoms with Crippen LogP contribution < -0.4 is 10.6 Å². The van der Waals surface area contributed by atoms with E-state index >= 15 is 0 Å². The highest BCUT2D eigenvalue weighted by Gasteiger charge is 2.50. The van der Waals surface area contributed by atoms with Gasteiger partial charge in [0.1, 0.15) is 6.61 Å². The van der Waals surface area contributed by atoms with Gasteiger partial charge in [0, 0.05) is 24.9 Å². The summed E-state index contributed by atoms with van der Waals surface area (Å²) < 4.78 is 5.60. The predicted octanol–water partition coefficient (Wildman–Crippen LogP) is 3.92. The SMILES string of the molecule is CC(C)[C@H](CC(=O)NCC1(C(=O)O)CC1)NC(=O)OCC1c2ccccc2-c2ccccc21. The van der Waals surface area contributed by atoms with E-state index in [-0.39, 0.29) is 37.3 Å². The van der Waals surface area contributed by atoms with Gasteiger partial charge >= 0.3 is 12.1 Å². The van der Waals surface area contributed by atoms with E-state index in [0.29, 0.717) is 12.8 Å². The van der Waals surface area contributed by atoms with Crippen molar-refractivity contribution in [3.63, 3.8) is 0 Å². The van der Waals surface area contributed by atoms with Gasteiger partial charge in [-0.05, 0) is 41.0 Å². The Balaban J connectivity index is 1.32. The van der Waals surface area contributed by atoms with Gasteiger partial charge in [0.25, 0.3) is 0 Å².